The van der Waals surface area contributed by atoms with E-state index in [2.05, 4.69) is 24.0 Å². The van der Waals surface area contributed by atoms with Crippen molar-refractivity contribution in [3.63, 3.8) is 0 Å². The van der Waals surface area contributed by atoms with Crippen LogP contribution in [0.4, 0.5) is 5.69 Å². The number of benzene rings is 1. The smallest absolute Gasteiger partial charge is 0.0469 e. The third kappa shape index (κ3) is 4.51. The van der Waals surface area contributed by atoms with Crippen LogP contribution in [0.15, 0.2) is 24.3 Å². The number of para-hydroxylation sites is 1. The topological polar surface area (TPSA) is 38.5 Å². The van der Waals surface area contributed by atoms with E-state index < -0.39 is 0 Å². The first-order valence-electron chi connectivity index (χ1n) is 7.43. The van der Waals surface area contributed by atoms with E-state index in [4.69, 9.17) is 10.5 Å². The second kappa shape index (κ2) is 7.51. The fourth-order valence-corrected chi connectivity index (χ4v) is 2.76. The predicted molar refractivity (Wildman–Crippen MR) is 80.0 cm³/mol. The normalized spacial score (nSPS) is 16.9. The number of nitrogens with two attached hydrogens (primary N) is 1. The molecule has 0 radical (unpaired) electrons. The van der Waals surface area contributed by atoms with Crippen LogP contribution in [0.2, 0.25) is 0 Å². The highest BCUT2D eigenvalue weighted by atomic mass is 16.5. The molecule has 3 nitrogen and oxygen atoms in total. The Balaban J connectivity index is 1.93. The maximum atomic E-state index is 6.05. The molecule has 0 unspecified atom stereocenters. The second-order valence-electron chi connectivity index (χ2n) is 5.49. The first kappa shape index (κ1) is 14.4. The summed E-state index contributed by atoms with van der Waals surface area (Å²) in [5, 5.41) is 0. The van der Waals surface area contributed by atoms with Gasteiger partial charge in [-0.05, 0) is 43.4 Å². The van der Waals surface area contributed by atoms with E-state index in [-0.39, 0.29) is 0 Å². The molecule has 2 rings (SSSR count). The molecule has 0 bridgehead atoms. The summed E-state index contributed by atoms with van der Waals surface area (Å²) < 4.78 is 5.44. The third-order valence-corrected chi connectivity index (χ3v) is 3.85. The van der Waals surface area contributed by atoms with Crippen LogP contribution < -0.4 is 5.73 Å². The first-order chi connectivity index (χ1) is 9.29. The molecule has 0 spiro atoms. The lowest BCUT2D eigenvalue weighted by Crippen LogP contribution is -2.33. The largest absolute Gasteiger partial charge is 0.398 e. The van der Waals surface area contributed by atoms with Crippen molar-refractivity contribution in [2.75, 3.05) is 32.0 Å². The summed E-state index contributed by atoms with van der Waals surface area (Å²) in [6.07, 6.45) is 3.59. The van der Waals surface area contributed by atoms with Gasteiger partial charge in [-0.1, -0.05) is 25.1 Å². The Hall–Kier alpha value is -1.06. The summed E-state index contributed by atoms with van der Waals surface area (Å²) in [4.78, 5) is 2.54. The third-order valence-electron chi connectivity index (χ3n) is 3.85. The molecule has 19 heavy (non-hydrogen) atoms. The van der Waals surface area contributed by atoms with Gasteiger partial charge < -0.3 is 10.5 Å². The Morgan fingerprint density at radius 2 is 2.00 bits per heavy atom. The second-order valence-corrected chi connectivity index (χ2v) is 5.49. The molecule has 1 aliphatic rings. The van der Waals surface area contributed by atoms with E-state index in [0.29, 0.717) is 0 Å². The molecule has 1 aliphatic heterocycles. The van der Waals surface area contributed by atoms with Crippen molar-refractivity contribution in [1.29, 1.82) is 0 Å². The molecule has 106 valence electrons. The molecule has 1 aromatic carbocycles. The van der Waals surface area contributed by atoms with Gasteiger partial charge in [-0.3, -0.25) is 4.90 Å². The van der Waals surface area contributed by atoms with Crippen molar-refractivity contribution >= 4 is 5.69 Å². The van der Waals surface area contributed by atoms with Gasteiger partial charge in [0.15, 0.2) is 0 Å². The summed E-state index contributed by atoms with van der Waals surface area (Å²) >= 11 is 0. The summed E-state index contributed by atoms with van der Waals surface area (Å²) in [5.41, 5.74) is 8.22. The Labute approximate surface area is 116 Å². The fourth-order valence-electron chi connectivity index (χ4n) is 2.76. The predicted octanol–water partition coefficient (Wildman–Crippen LogP) is 2.91. The van der Waals surface area contributed by atoms with Crippen LogP contribution >= 0.6 is 0 Å². The van der Waals surface area contributed by atoms with E-state index >= 15 is 0 Å². The van der Waals surface area contributed by atoms with E-state index in [1.165, 1.54) is 31.4 Å². The molecule has 1 aromatic rings. The number of nitrogens with zero attached hydrogens (tertiary/aromatic N) is 1. The van der Waals surface area contributed by atoms with Gasteiger partial charge in [-0.2, -0.15) is 0 Å². The SMILES string of the molecule is CCCN(Cc1ccccc1N)CC1CCOCC1. The summed E-state index contributed by atoms with van der Waals surface area (Å²) in [7, 11) is 0. The molecule has 2 N–H and O–H groups in total. The zero-order valence-electron chi connectivity index (χ0n) is 12.0. The number of rotatable bonds is 6. The van der Waals surface area contributed by atoms with Gasteiger partial charge in [0.05, 0.1) is 0 Å². The summed E-state index contributed by atoms with van der Waals surface area (Å²) in [6.45, 7) is 7.39. The molecular formula is C16H26N2O. The maximum Gasteiger partial charge on any atom is 0.0469 e. The Kier molecular flexibility index (Phi) is 5.67. The zero-order valence-corrected chi connectivity index (χ0v) is 12.0. The molecule has 0 aliphatic carbocycles. The van der Waals surface area contributed by atoms with Gasteiger partial charge >= 0.3 is 0 Å². The molecule has 1 heterocycles. The van der Waals surface area contributed by atoms with Crippen molar-refractivity contribution in [2.45, 2.75) is 32.7 Å². The van der Waals surface area contributed by atoms with Crippen LogP contribution in [0.5, 0.6) is 0 Å². The Morgan fingerprint density at radius 3 is 2.68 bits per heavy atom. The van der Waals surface area contributed by atoms with Crippen molar-refractivity contribution in [1.82, 2.24) is 4.90 Å². The number of ether oxygens (including phenoxy) is 1. The highest BCUT2D eigenvalue weighted by molar-refractivity contribution is 5.46. The van der Waals surface area contributed by atoms with Crippen molar-refractivity contribution in [3.8, 4) is 0 Å². The summed E-state index contributed by atoms with van der Waals surface area (Å²) in [6, 6.07) is 8.21. The van der Waals surface area contributed by atoms with E-state index in [0.717, 1.165) is 37.9 Å². The highest BCUT2D eigenvalue weighted by Gasteiger charge is 2.17. The van der Waals surface area contributed by atoms with Crippen molar-refractivity contribution in [2.24, 2.45) is 5.92 Å². The van der Waals surface area contributed by atoms with Crippen molar-refractivity contribution in [3.05, 3.63) is 29.8 Å². The number of nitrogen functional groups attached to an aromatic ring is 1. The summed E-state index contributed by atoms with van der Waals surface area (Å²) in [5.74, 6) is 0.783. The molecule has 0 saturated carbocycles. The van der Waals surface area contributed by atoms with Gasteiger partial charge in [-0.15, -0.1) is 0 Å². The van der Waals surface area contributed by atoms with Gasteiger partial charge in [-0.25, -0.2) is 0 Å². The molecule has 0 atom stereocenters. The monoisotopic (exact) mass is 262 g/mol. The lowest BCUT2D eigenvalue weighted by molar-refractivity contribution is 0.0514. The van der Waals surface area contributed by atoms with E-state index in [9.17, 15) is 0 Å². The molecule has 0 amide bonds. The van der Waals surface area contributed by atoms with E-state index in [1.807, 2.05) is 12.1 Å². The van der Waals surface area contributed by atoms with Gasteiger partial charge in [0, 0.05) is 32.0 Å². The minimum Gasteiger partial charge on any atom is -0.398 e. The van der Waals surface area contributed by atoms with Gasteiger partial charge in [0.25, 0.3) is 0 Å². The van der Waals surface area contributed by atoms with Crippen molar-refractivity contribution < 1.29 is 4.74 Å². The molecule has 0 aromatic heterocycles. The van der Waals surface area contributed by atoms with Gasteiger partial charge in [0.2, 0.25) is 0 Å². The van der Waals surface area contributed by atoms with E-state index in [1.54, 1.807) is 0 Å². The average Bonchev–Trinajstić information content (AvgIpc) is 2.43. The van der Waals surface area contributed by atoms with Crippen LogP contribution in [-0.2, 0) is 11.3 Å². The van der Waals surface area contributed by atoms with Crippen LogP contribution in [0.3, 0.4) is 0 Å². The number of hydrogen-bond acceptors (Lipinski definition) is 3. The highest BCUT2D eigenvalue weighted by Crippen LogP contribution is 2.19. The fraction of sp³-hybridized carbons (Fsp3) is 0.625. The van der Waals surface area contributed by atoms with Gasteiger partial charge in [0.1, 0.15) is 0 Å². The Morgan fingerprint density at radius 1 is 1.26 bits per heavy atom. The van der Waals surface area contributed by atoms with Crippen LogP contribution in [0, 0.1) is 5.92 Å². The van der Waals surface area contributed by atoms with Crippen LogP contribution in [0.25, 0.3) is 0 Å². The standard InChI is InChI=1S/C16H26N2O/c1-2-9-18(12-14-7-10-19-11-8-14)13-15-5-3-4-6-16(15)17/h3-6,14H,2,7-13,17H2,1H3. The molecule has 1 saturated heterocycles. The first-order valence-corrected chi connectivity index (χ1v) is 7.43. The maximum absolute atomic E-state index is 6.05. The lowest BCUT2D eigenvalue weighted by Gasteiger charge is -2.30. The quantitative estimate of drug-likeness (QED) is 0.801. The minimum atomic E-state index is 0.783. The zero-order chi connectivity index (χ0) is 13.5. The molecule has 3 heteroatoms. The lowest BCUT2D eigenvalue weighted by atomic mass is 9.99. The Bertz CT molecular complexity index is 375. The number of anilines is 1. The number of hydrogen-bond donors (Lipinski definition) is 1. The van der Waals surface area contributed by atoms with Crippen LogP contribution in [-0.4, -0.2) is 31.2 Å². The minimum absolute atomic E-state index is 0.783. The average molecular weight is 262 g/mol. The molecular weight excluding hydrogens is 236 g/mol. The van der Waals surface area contributed by atoms with Crippen LogP contribution in [0.1, 0.15) is 31.7 Å². The molecule has 1 fully saturated rings.